The Bertz CT molecular complexity index is 427. The zero-order chi connectivity index (χ0) is 13.8. The van der Waals surface area contributed by atoms with Gasteiger partial charge in [0.15, 0.2) is 5.11 Å². The van der Waals surface area contributed by atoms with Crippen molar-refractivity contribution in [3.8, 4) is 0 Å². The highest BCUT2D eigenvalue weighted by Crippen LogP contribution is 2.22. The third-order valence-corrected chi connectivity index (χ3v) is 3.26. The van der Waals surface area contributed by atoms with Crippen LogP contribution in [0.1, 0.15) is 13.8 Å². The second-order valence-corrected chi connectivity index (χ2v) is 5.22. The number of hydrogen-bond acceptors (Lipinski definition) is 4. The molecule has 0 spiro atoms. The summed E-state index contributed by atoms with van der Waals surface area (Å²) in [5, 5.41) is 3.40. The van der Waals surface area contributed by atoms with Gasteiger partial charge in [0.2, 0.25) is 0 Å². The summed E-state index contributed by atoms with van der Waals surface area (Å²) in [6, 6.07) is 8.13. The van der Waals surface area contributed by atoms with Gasteiger partial charge in [-0.15, -0.1) is 0 Å². The zero-order valence-corrected chi connectivity index (χ0v) is 12.0. The van der Waals surface area contributed by atoms with Crippen LogP contribution in [0.4, 0.5) is 11.4 Å². The van der Waals surface area contributed by atoms with Gasteiger partial charge < -0.3 is 20.4 Å². The van der Waals surface area contributed by atoms with E-state index in [9.17, 15) is 0 Å². The number of anilines is 2. The van der Waals surface area contributed by atoms with E-state index in [-0.39, 0.29) is 12.2 Å². The number of hydrazine groups is 1. The van der Waals surface area contributed by atoms with E-state index in [4.69, 9.17) is 22.8 Å². The molecule has 0 aliphatic carbocycles. The Morgan fingerprint density at radius 2 is 1.84 bits per heavy atom. The molecule has 1 aliphatic heterocycles. The molecule has 2 atom stereocenters. The fraction of sp³-hybridized carbons (Fsp3) is 0.462. The van der Waals surface area contributed by atoms with Crippen LogP contribution in [0.25, 0.3) is 0 Å². The Balaban J connectivity index is 2.03. The average molecular weight is 280 g/mol. The minimum Gasteiger partial charge on any atom is -0.372 e. The van der Waals surface area contributed by atoms with E-state index in [0.717, 1.165) is 18.8 Å². The number of thiocarbonyl (C=S) groups is 1. The fourth-order valence-corrected chi connectivity index (χ4v) is 2.43. The van der Waals surface area contributed by atoms with Crippen LogP contribution >= 0.6 is 12.2 Å². The summed E-state index contributed by atoms with van der Waals surface area (Å²) < 4.78 is 5.74. The molecule has 4 N–H and O–H groups in total. The lowest BCUT2D eigenvalue weighted by Gasteiger charge is -2.36. The van der Waals surface area contributed by atoms with Crippen molar-refractivity contribution in [3.05, 3.63) is 24.3 Å². The molecule has 1 aromatic rings. The first-order valence-corrected chi connectivity index (χ1v) is 6.77. The van der Waals surface area contributed by atoms with Crippen molar-refractivity contribution in [1.29, 1.82) is 0 Å². The van der Waals surface area contributed by atoms with Gasteiger partial charge in [-0.25, -0.2) is 5.84 Å². The first-order chi connectivity index (χ1) is 9.08. The van der Waals surface area contributed by atoms with E-state index in [2.05, 4.69) is 41.6 Å². The van der Waals surface area contributed by atoms with Crippen molar-refractivity contribution < 1.29 is 4.74 Å². The first kappa shape index (κ1) is 14.0. The first-order valence-electron chi connectivity index (χ1n) is 6.36. The highest BCUT2D eigenvalue weighted by molar-refractivity contribution is 7.80. The molecule has 1 heterocycles. The molecule has 19 heavy (non-hydrogen) atoms. The molecular weight excluding hydrogens is 260 g/mol. The molecule has 1 aromatic carbocycles. The Kier molecular flexibility index (Phi) is 4.57. The molecule has 0 radical (unpaired) electrons. The topological polar surface area (TPSA) is 62.5 Å². The van der Waals surface area contributed by atoms with E-state index in [1.807, 2.05) is 12.1 Å². The van der Waals surface area contributed by atoms with Crippen LogP contribution in [0.5, 0.6) is 0 Å². The minimum atomic E-state index is 0.260. The van der Waals surface area contributed by atoms with Gasteiger partial charge in [-0.05, 0) is 50.3 Å². The molecule has 0 amide bonds. The SMILES string of the molecule is CC1CN(c2ccc(NC(=S)NN)cc2)CC(C)O1. The van der Waals surface area contributed by atoms with Crippen LogP contribution in [-0.2, 0) is 4.74 Å². The summed E-state index contributed by atoms with van der Waals surface area (Å²) in [4.78, 5) is 2.34. The molecule has 2 unspecified atom stereocenters. The summed E-state index contributed by atoms with van der Waals surface area (Å²) in [5.74, 6) is 5.22. The molecule has 0 aromatic heterocycles. The van der Waals surface area contributed by atoms with Crippen LogP contribution in [0, 0.1) is 0 Å². The second kappa shape index (κ2) is 6.18. The predicted molar refractivity (Wildman–Crippen MR) is 82.2 cm³/mol. The van der Waals surface area contributed by atoms with Crippen molar-refractivity contribution in [2.24, 2.45) is 5.84 Å². The molecule has 5 nitrogen and oxygen atoms in total. The number of nitrogens with two attached hydrogens (primary N) is 1. The number of nitrogens with one attached hydrogen (secondary N) is 2. The van der Waals surface area contributed by atoms with Crippen molar-refractivity contribution in [3.63, 3.8) is 0 Å². The number of nitrogens with zero attached hydrogens (tertiary/aromatic N) is 1. The number of rotatable bonds is 2. The summed E-state index contributed by atoms with van der Waals surface area (Å²) >= 11 is 4.95. The van der Waals surface area contributed by atoms with E-state index >= 15 is 0 Å². The summed E-state index contributed by atoms with van der Waals surface area (Å²) in [7, 11) is 0. The molecule has 0 saturated carbocycles. The van der Waals surface area contributed by atoms with Crippen LogP contribution in [-0.4, -0.2) is 30.4 Å². The number of hydrogen-bond donors (Lipinski definition) is 3. The Hall–Kier alpha value is -1.37. The molecule has 2 rings (SSSR count). The normalized spacial score (nSPS) is 23.0. The van der Waals surface area contributed by atoms with Crippen molar-refractivity contribution in [1.82, 2.24) is 5.43 Å². The standard InChI is InChI=1S/C13H20N4OS/c1-9-7-17(8-10(2)18-9)12-5-3-11(4-6-12)15-13(19)16-14/h3-6,9-10H,7-8,14H2,1-2H3,(H2,15,16,19). The van der Waals surface area contributed by atoms with E-state index in [1.54, 1.807) is 0 Å². The van der Waals surface area contributed by atoms with Crippen LogP contribution < -0.4 is 21.5 Å². The van der Waals surface area contributed by atoms with Crippen LogP contribution in [0.2, 0.25) is 0 Å². The largest absolute Gasteiger partial charge is 0.372 e. The molecular formula is C13H20N4OS. The van der Waals surface area contributed by atoms with Gasteiger partial charge in [0, 0.05) is 24.5 Å². The highest BCUT2D eigenvalue weighted by Gasteiger charge is 2.22. The number of ether oxygens (including phenoxy) is 1. The molecule has 1 aliphatic rings. The van der Waals surface area contributed by atoms with Gasteiger partial charge in [0.1, 0.15) is 0 Å². The maximum Gasteiger partial charge on any atom is 0.185 e. The Morgan fingerprint density at radius 1 is 1.26 bits per heavy atom. The maximum atomic E-state index is 5.74. The molecule has 1 saturated heterocycles. The van der Waals surface area contributed by atoms with Gasteiger partial charge in [-0.3, -0.25) is 0 Å². The summed E-state index contributed by atoms with van der Waals surface area (Å²) in [6.45, 7) is 6.04. The van der Waals surface area contributed by atoms with Crippen molar-refractivity contribution in [2.75, 3.05) is 23.3 Å². The smallest absolute Gasteiger partial charge is 0.185 e. The lowest BCUT2D eigenvalue weighted by molar-refractivity contribution is -0.00521. The predicted octanol–water partition coefficient (Wildman–Crippen LogP) is 1.46. The van der Waals surface area contributed by atoms with Gasteiger partial charge in [0.25, 0.3) is 0 Å². The van der Waals surface area contributed by atoms with Crippen LogP contribution in [0.15, 0.2) is 24.3 Å². The lowest BCUT2D eigenvalue weighted by Crippen LogP contribution is -2.45. The third kappa shape index (κ3) is 3.79. The van der Waals surface area contributed by atoms with Crippen LogP contribution in [0.3, 0.4) is 0 Å². The molecule has 6 heteroatoms. The van der Waals surface area contributed by atoms with E-state index < -0.39 is 0 Å². The highest BCUT2D eigenvalue weighted by atomic mass is 32.1. The minimum absolute atomic E-state index is 0.260. The molecule has 1 fully saturated rings. The lowest BCUT2D eigenvalue weighted by atomic mass is 10.2. The van der Waals surface area contributed by atoms with Gasteiger partial charge in [-0.1, -0.05) is 0 Å². The number of morpholine rings is 1. The zero-order valence-electron chi connectivity index (χ0n) is 11.2. The summed E-state index contributed by atoms with van der Waals surface area (Å²) in [5.41, 5.74) is 4.51. The maximum absolute atomic E-state index is 5.74. The number of benzene rings is 1. The van der Waals surface area contributed by atoms with Crippen molar-refractivity contribution in [2.45, 2.75) is 26.1 Å². The fourth-order valence-electron chi connectivity index (χ4n) is 2.31. The molecule has 104 valence electrons. The third-order valence-electron chi connectivity index (χ3n) is 3.04. The quantitative estimate of drug-likeness (QED) is 0.433. The van der Waals surface area contributed by atoms with Gasteiger partial charge >= 0.3 is 0 Å². The van der Waals surface area contributed by atoms with Crippen molar-refractivity contribution >= 4 is 28.7 Å². The van der Waals surface area contributed by atoms with Gasteiger partial charge in [0.05, 0.1) is 12.2 Å². The Labute approximate surface area is 119 Å². The summed E-state index contributed by atoms with van der Waals surface area (Å²) in [6.07, 6.45) is 0.520. The Morgan fingerprint density at radius 3 is 2.37 bits per heavy atom. The van der Waals surface area contributed by atoms with E-state index in [0.29, 0.717) is 5.11 Å². The average Bonchev–Trinajstić information content (AvgIpc) is 2.38. The van der Waals surface area contributed by atoms with E-state index in [1.165, 1.54) is 5.69 Å². The van der Waals surface area contributed by atoms with Gasteiger partial charge in [-0.2, -0.15) is 0 Å². The monoisotopic (exact) mass is 280 g/mol. The second-order valence-electron chi connectivity index (χ2n) is 4.81. The molecule has 0 bridgehead atoms.